The molecule has 4 heteroatoms. The first-order chi connectivity index (χ1) is 7.71. The number of benzene rings is 1. The zero-order chi connectivity index (χ0) is 11.4. The highest BCUT2D eigenvalue weighted by Gasteiger charge is 2.35. The zero-order valence-corrected chi connectivity index (χ0v) is 11.0. The van der Waals surface area contributed by atoms with E-state index in [9.17, 15) is 0 Å². The second-order valence-electron chi connectivity index (χ2n) is 4.31. The monoisotopic (exact) mass is 237 g/mol. The summed E-state index contributed by atoms with van der Waals surface area (Å²) in [4.78, 5) is 2.24. The van der Waals surface area contributed by atoms with Crippen LogP contribution in [0.1, 0.15) is 0 Å². The van der Waals surface area contributed by atoms with E-state index in [1.54, 1.807) is 0 Å². The number of likely N-dealkylation sites (N-methyl/N-ethyl adjacent to an activating group) is 1. The van der Waals surface area contributed by atoms with E-state index < -0.39 is 8.56 Å². The maximum absolute atomic E-state index is 6.00. The van der Waals surface area contributed by atoms with Gasteiger partial charge in [0.25, 0.3) is 0 Å². The quantitative estimate of drug-likeness (QED) is 0.679. The SMILES string of the molecule is CN1CCO[Si](C)(c2ccccc2)OCC1. The van der Waals surface area contributed by atoms with E-state index >= 15 is 0 Å². The van der Waals surface area contributed by atoms with E-state index in [0.29, 0.717) is 0 Å². The molecule has 16 heavy (non-hydrogen) atoms. The minimum absolute atomic E-state index is 0.758. The number of hydrogen-bond acceptors (Lipinski definition) is 3. The average Bonchev–Trinajstić information content (AvgIpc) is 2.28. The van der Waals surface area contributed by atoms with Gasteiger partial charge in [-0.3, -0.25) is 0 Å². The molecule has 1 saturated heterocycles. The van der Waals surface area contributed by atoms with Gasteiger partial charge in [0.05, 0.1) is 0 Å². The van der Waals surface area contributed by atoms with Crippen molar-refractivity contribution in [3.63, 3.8) is 0 Å². The van der Waals surface area contributed by atoms with E-state index in [0.717, 1.165) is 26.3 Å². The lowest BCUT2D eigenvalue weighted by molar-refractivity contribution is 0.117. The Morgan fingerprint density at radius 1 is 1.06 bits per heavy atom. The van der Waals surface area contributed by atoms with Gasteiger partial charge in [0.1, 0.15) is 0 Å². The molecule has 88 valence electrons. The second-order valence-corrected chi connectivity index (χ2v) is 7.36. The highest BCUT2D eigenvalue weighted by atomic mass is 28.4. The average molecular weight is 237 g/mol. The molecule has 1 heterocycles. The van der Waals surface area contributed by atoms with E-state index in [4.69, 9.17) is 8.85 Å². The number of nitrogens with zero attached hydrogens (tertiary/aromatic N) is 1. The van der Waals surface area contributed by atoms with E-state index in [1.165, 1.54) is 5.19 Å². The van der Waals surface area contributed by atoms with Gasteiger partial charge in [0.15, 0.2) is 0 Å². The summed E-state index contributed by atoms with van der Waals surface area (Å²) in [7, 11) is -0.0548. The molecule has 0 saturated carbocycles. The summed E-state index contributed by atoms with van der Waals surface area (Å²) in [5, 5.41) is 1.22. The largest absolute Gasteiger partial charge is 0.390 e. The fourth-order valence-corrected chi connectivity index (χ4v) is 4.03. The van der Waals surface area contributed by atoms with Crippen LogP contribution in [0.3, 0.4) is 0 Å². The summed E-state index contributed by atoms with van der Waals surface area (Å²) in [6.45, 7) is 5.62. The third-order valence-electron chi connectivity index (χ3n) is 3.00. The van der Waals surface area contributed by atoms with Crippen molar-refractivity contribution in [1.29, 1.82) is 0 Å². The Morgan fingerprint density at radius 3 is 2.19 bits per heavy atom. The van der Waals surface area contributed by atoms with Gasteiger partial charge < -0.3 is 13.8 Å². The van der Waals surface area contributed by atoms with Gasteiger partial charge in [-0.2, -0.15) is 0 Å². The van der Waals surface area contributed by atoms with E-state index in [1.807, 2.05) is 18.2 Å². The van der Waals surface area contributed by atoms with Gasteiger partial charge in [-0.15, -0.1) is 0 Å². The highest BCUT2D eigenvalue weighted by molar-refractivity contribution is 6.79. The minimum Gasteiger partial charge on any atom is -0.390 e. The predicted octanol–water partition coefficient (Wildman–Crippen LogP) is 0.944. The first kappa shape index (κ1) is 11.8. The predicted molar refractivity (Wildman–Crippen MR) is 67.1 cm³/mol. The Kier molecular flexibility index (Phi) is 3.76. The summed E-state index contributed by atoms with van der Waals surface area (Å²) in [5.74, 6) is 0. The van der Waals surface area contributed by atoms with Gasteiger partial charge in [-0.05, 0) is 18.8 Å². The Labute approximate surface area is 98.2 Å². The Balaban J connectivity index is 2.11. The molecule has 0 spiro atoms. The third-order valence-corrected chi connectivity index (χ3v) is 5.89. The molecule has 1 aliphatic rings. The third kappa shape index (κ3) is 2.71. The molecular formula is C12H19NO2Si. The molecule has 0 amide bonds. The first-order valence-corrected chi connectivity index (χ1v) is 8.04. The molecule has 0 aliphatic carbocycles. The van der Waals surface area contributed by atoms with Crippen LogP contribution in [0.4, 0.5) is 0 Å². The lowest BCUT2D eigenvalue weighted by Gasteiger charge is -2.32. The molecule has 0 unspecified atom stereocenters. The summed E-state index contributed by atoms with van der Waals surface area (Å²) in [6, 6.07) is 10.3. The molecule has 0 aromatic heterocycles. The topological polar surface area (TPSA) is 21.7 Å². The van der Waals surface area contributed by atoms with Crippen molar-refractivity contribution in [1.82, 2.24) is 4.90 Å². The van der Waals surface area contributed by atoms with Crippen molar-refractivity contribution in [3.05, 3.63) is 30.3 Å². The molecule has 0 N–H and O–H groups in total. The second kappa shape index (κ2) is 5.10. The fourth-order valence-electron chi connectivity index (χ4n) is 1.85. The molecule has 3 nitrogen and oxygen atoms in total. The van der Waals surface area contributed by atoms with E-state index in [-0.39, 0.29) is 0 Å². The van der Waals surface area contributed by atoms with Crippen molar-refractivity contribution >= 4 is 13.7 Å². The van der Waals surface area contributed by atoms with Gasteiger partial charge in [0.2, 0.25) is 0 Å². The highest BCUT2D eigenvalue weighted by Crippen LogP contribution is 2.10. The molecule has 0 bridgehead atoms. The van der Waals surface area contributed by atoms with Crippen LogP contribution in [0, 0.1) is 0 Å². The van der Waals surface area contributed by atoms with Crippen LogP contribution in [0.25, 0.3) is 0 Å². The Bertz CT molecular complexity index is 321. The van der Waals surface area contributed by atoms with Gasteiger partial charge in [-0.25, -0.2) is 0 Å². The van der Waals surface area contributed by atoms with E-state index in [2.05, 4.69) is 30.6 Å². The maximum atomic E-state index is 6.00. The molecule has 1 aliphatic heterocycles. The molecule has 0 atom stereocenters. The smallest absolute Gasteiger partial charge is 0.369 e. The molecule has 1 aromatic rings. The fraction of sp³-hybridized carbons (Fsp3) is 0.500. The minimum atomic E-state index is -2.15. The summed E-state index contributed by atoms with van der Waals surface area (Å²) < 4.78 is 12.0. The van der Waals surface area contributed by atoms with Gasteiger partial charge >= 0.3 is 8.56 Å². The normalized spacial score (nSPS) is 22.4. The maximum Gasteiger partial charge on any atom is 0.369 e. The van der Waals surface area contributed by atoms with Crippen LogP contribution in [-0.2, 0) is 8.85 Å². The summed E-state index contributed by atoms with van der Waals surface area (Å²) in [5.41, 5.74) is 0. The van der Waals surface area contributed by atoms with Gasteiger partial charge in [-0.1, -0.05) is 30.3 Å². The van der Waals surface area contributed by atoms with Crippen LogP contribution < -0.4 is 5.19 Å². The van der Waals surface area contributed by atoms with Crippen LogP contribution >= 0.6 is 0 Å². The van der Waals surface area contributed by atoms with Crippen molar-refractivity contribution in [3.8, 4) is 0 Å². The van der Waals surface area contributed by atoms with Crippen LogP contribution in [-0.4, -0.2) is 46.8 Å². The summed E-state index contributed by atoms with van der Waals surface area (Å²) in [6.07, 6.45) is 0. The lowest BCUT2D eigenvalue weighted by Crippen LogP contribution is -2.54. The van der Waals surface area contributed by atoms with Crippen molar-refractivity contribution < 1.29 is 8.85 Å². The number of hydrogen-bond donors (Lipinski definition) is 0. The van der Waals surface area contributed by atoms with Crippen molar-refractivity contribution in [2.24, 2.45) is 0 Å². The van der Waals surface area contributed by atoms with Crippen molar-refractivity contribution in [2.45, 2.75) is 6.55 Å². The summed E-state index contributed by atoms with van der Waals surface area (Å²) >= 11 is 0. The molecular weight excluding hydrogens is 218 g/mol. The molecule has 1 aromatic carbocycles. The van der Waals surface area contributed by atoms with Crippen LogP contribution in [0.15, 0.2) is 30.3 Å². The Hall–Kier alpha value is -0.683. The molecule has 0 radical (unpaired) electrons. The van der Waals surface area contributed by atoms with Crippen LogP contribution in [0.5, 0.6) is 0 Å². The van der Waals surface area contributed by atoms with Crippen molar-refractivity contribution in [2.75, 3.05) is 33.4 Å². The lowest BCUT2D eigenvalue weighted by atomic mass is 10.4. The first-order valence-electron chi connectivity index (χ1n) is 5.73. The number of rotatable bonds is 1. The molecule has 1 fully saturated rings. The molecule has 2 rings (SSSR count). The zero-order valence-electron chi connectivity index (χ0n) is 9.98. The standard InChI is InChI=1S/C12H19NO2Si/c1-13-8-10-14-16(2,15-11-9-13)12-6-4-3-5-7-12/h3-7H,8-11H2,1-2H3. The Morgan fingerprint density at radius 2 is 1.62 bits per heavy atom. The van der Waals surface area contributed by atoms with Gasteiger partial charge in [0, 0.05) is 26.3 Å². The van der Waals surface area contributed by atoms with Crippen LogP contribution in [0.2, 0.25) is 6.55 Å².